The quantitative estimate of drug-likeness (QED) is 0.837. The van der Waals surface area contributed by atoms with Gasteiger partial charge in [-0.25, -0.2) is 9.37 Å². The fourth-order valence-corrected chi connectivity index (χ4v) is 3.45. The molecule has 98 valence electrons. The highest BCUT2D eigenvalue weighted by Gasteiger charge is 2.30. The summed E-state index contributed by atoms with van der Waals surface area (Å²) >= 11 is 4.51. The summed E-state index contributed by atoms with van der Waals surface area (Å²) in [4.78, 5) is 16.7. The van der Waals surface area contributed by atoms with Crippen LogP contribution in [0.2, 0.25) is 0 Å². The fraction of sp³-hybridized carbons (Fsp3) is 0.167. The van der Waals surface area contributed by atoms with Crippen molar-refractivity contribution in [2.24, 2.45) is 0 Å². The van der Waals surface area contributed by atoms with Gasteiger partial charge < -0.3 is 11.1 Å². The van der Waals surface area contributed by atoms with Gasteiger partial charge in [-0.05, 0) is 33.6 Å². The molecule has 1 aromatic carbocycles. The van der Waals surface area contributed by atoms with E-state index in [1.165, 1.54) is 17.4 Å². The maximum Gasteiger partial charge on any atom is 0.226 e. The SMILES string of the molecule is Nc1nc2c(s1)C(c1ccc(F)c(Br)c1)CC(=O)N2. The zero-order valence-electron chi connectivity index (χ0n) is 9.61. The second kappa shape index (κ2) is 4.57. The third-order valence-electron chi connectivity index (χ3n) is 2.98. The van der Waals surface area contributed by atoms with Gasteiger partial charge in [0.15, 0.2) is 5.13 Å². The number of carbonyl (C=O) groups is 1. The Morgan fingerprint density at radius 3 is 3.05 bits per heavy atom. The van der Waals surface area contributed by atoms with Gasteiger partial charge in [0.05, 0.1) is 9.35 Å². The number of nitrogens with one attached hydrogen (secondary N) is 1. The van der Waals surface area contributed by atoms with E-state index in [1.54, 1.807) is 12.1 Å². The minimum absolute atomic E-state index is 0.108. The highest BCUT2D eigenvalue weighted by atomic mass is 79.9. The monoisotopic (exact) mass is 341 g/mol. The number of thiazole rings is 1. The molecule has 0 fully saturated rings. The summed E-state index contributed by atoms with van der Waals surface area (Å²) in [5.41, 5.74) is 6.55. The first-order valence-corrected chi connectivity index (χ1v) is 7.16. The molecule has 1 aliphatic heterocycles. The van der Waals surface area contributed by atoms with Gasteiger partial charge in [-0.15, -0.1) is 0 Å². The molecular weight excluding hydrogens is 333 g/mol. The van der Waals surface area contributed by atoms with Gasteiger partial charge in [0.2, 0.25) is 5.91 Å². The molecule has 3 rings (SSSR count). The van der Waals surface area contributed by atoms with E-state index < -0.39 is 0 Å². The molecule has 1 atom stereocenters. The predicted molar refractivity (Wildman–Crippen MR) is 75.7 cm³/mol. The molecule has 0 bridgehead atoms. The van der Waals surface area contributed by atoms with Crippen molar-refractivity contribution >= 4 is 44.1 Å². The van der Waals surface area contributed by atoms with Crippen LogP contribution >= 0.6 is 27.3 Å². The lowest BCUT2D eigenvalue weighted by Crippen LogP contribution is -2.22. The maximum atomic E-state index is 13.3. The van der Waals surface area contributed by atoms with Crippen LogP contribution in [0, 0.1) is 5.82 Å². The number of hydrogen-bond acceptors (Lipinski definition) is 4. The van der Waals surface area contributed by atoms with Crippen LogP contribution in [0.25, 0.3) is 0 Å². The average molecular weight is 342 g/mol. The standard InChI is InChI=1S/C12H9BrFN3OS/c13-7-3-5(1-2-8(7)14)6-4-9(18)16-11-10(6)19-12(15)17-11/h1-3,6H,4H2,(H2,15,17)(H,16,18). The van der Waals surface area contributed by atoms with E-state index >= 15 is 0 Å². The molecule has 0 aliphatic carbocycles. The lowest BCUT2D eigenvalue weighted by Gasteiger charge is -2.21. The van der Waals surface area contributed by atoms with Crippen molar-refractivity contribution in [1.82, 2.24) is 4.98 Å². The molecule has 1 unspecified atom stereocenters. The number of nitrogen functional groups attached to an aromatic ring is 1. The van der Waals surface area contributed by atoms with Crippen LogP contribution in [-0.2, 0) is 4.79 Å². The molecule has 4 nitrogen and oxygen atoms in total. The van der Waals surface area contributed by atoms with Gasteiger partial charge in [0.1, 0.15) is 11.6 Å². The summed E-state index contributed by atoms with van der Waals surface area (Å²) in [6.07, 6.45) is 0.312. The smallest absolute Gasteiger partial charge is 0.226 e. The number of rotatable bonds is 1. The molecule has 1 aliphatic rings. The topological polar surface area (TPSA) is 68.0 Å². The number of nitrogens with two attached hydrogens (primary N) is 1. The molecule has 0 spiro atoms. The van der Waals surface area contributed by atoms with Crippen LogP contribution in [0.4, 0.5) is 15.3 Å². The van der Waals surface area contributed by atoms with E-state index in [0.717, 1.165) is 10.4 Å². The lowest BCUT2D eigenvalue weighted by molar-refractivity contribution is -0.116. The molecule has 3 N–H and O–H groups in total. The van der Waals surface area contributed by atoms with E-state index in [0.29, 0.717) is 21.8 Å². The molecular formula is C12H9BrFN3OS. The molecule has 2 heterocycles. The molecule has 2 aromatic rings. The van der Waals surface area contributed by atoms with Gasteiger partial charge in [0, 0.05) is 12.3 Å². The molecule has 1 aromatic heterocycles. The summed E-state index contributed by atoms with van der Waals surface area (Å²) in [5.74, 6) is -0.0454. The largest absolute Gasteiger partial charge is 0.375 e. The maximum absolute atomic E-state index is 13.3. The van der Waals surface area contributed by atoms with Gasteiger partial charge in [-0.2, -0.15) is 0 Å². The highest BCUT2D eigenvalue weighted by molar-refractivity contribution is 9.10. The first-order chi connectivity index (χ1) is 9.04. The molecule has 0 radical (unpaired) electrons. The van der Waals surface area contributed by atoms with Gasteiger partial charge in [-0.3, -0.25) is 4.79 Å². The Hall–Kier alpha value is -1.47. The first-order valence-electron chi connectivity index (χ1n) is 5.55. The summed E-state index contributed by atoms with van der Waals surface area (Å²) in [6, 6.07) is 4.76. The average Bonchev–Trinajstić information content (AvgIpc) is 2.72. The Bertz CT molecular complexity index is 673. The third kappa shape index (κ3) is 2.23. The lowest BCUT2D eigenvalue weighted by atomic mass is 9.91. The fourth-order valence-electron chi connectivity index (χ4n) is 2.13. The predicted octanol–water partition coefficient (Wildman–Crippen LogP) is 3.10. The number of amides is 1. The van der Waals surface area contributed by atoms with Crippen molar-refractivity contribution in [3.63, 3.8) is 0 Å². The van der Waals surface area contributed by atoms with Crippen LogP contribution in [-0.4, -0.2) is 10.9 Å². The third-order valence-corrected chi connectivity index (χ3v) is 4.59. The number of benzene rings is 1. The van der Waals surface area contributed by atoms with Crippen LogP contribution in [0.5, 0.6) is 0 Å². The first kappa shape index (κ1) is 12.6. The van der Waals surface area contributed by atoms with Crippen LogP contribution in [0.3, 0.4) is 0 Å². The summed E-state index contributed by atoms with van der Waals surface area (Å²) < 4.78 is 13.7. The molecule has 7 heteroatoms. The van der Waals surface area contributed by atoms with E-state index in [-0.39, 0.29) is 17.6 Å². The number of aromatic nitrogens is 1. The van der Waals surface area contributed by atoms with Crippen molar-refractivity contribution < 1.29 is 9.18 Å². The molecule has 19 heavy (non-hydrogen) atoms. The summed E-state index contributed by atoms with van der Waals surface area (Å²) in [7, 11) is 0. The molecule has 1 amide bonds. The zero-order chi connectivity index (χ0) is 13.6. The normalized spacial score (nSPS) is 18.0. The number of carbonyl (C=O) groups excluding carboxylic acids is 1. The number of hydrogen-bond donors (Lipinski definition) is 2. The minimum Gasteiger partial charge on any atom is -0.375 e. The molecule has 0 saturated carbocycles. The summed E-state index contributed by atoms with van der Waals surface area (Å²) in [5, 5.41) is 3.12. The second-order valence-corrected chi connectivity index (χ2v) is 6.16. The Labute approximate surface area is 121 Å². The molecule has 0 saturated heterocycles. The van der Waals surface area contributed by atoms with E-state index in [9.17, 15) is 9.18 Å². The zero-order valence-corrected chi connectivity index (χ0v) is 12.0. The number of anilines is 2. The number of fused-ring (bicyclic) bond motifs is 1. The summed E-state index contributed by atoms with van der Waals surface area (Å²) in [6.45, 7) is 0. The Kier molecular flexibility index (Phi) is 3.02. The van der Waals surface area contributed by atoms with Crippen LogP contribution in [0.1, 0.15) is 22.8 Å². The number of nitrogens with zero attached hydrogens (tertiary/aromatic N) is 1. The Balaban J connectivity index is 2.09. The minimum atomic E-state index is -0.326. The Morgan fingerprint density at radius 1 is 1.53 bits per heavy atom. The van der Waals surface area contributed by atoms with E-state index in [1.807, 2.05) is 0 Å². The van der Waals surface area contributed by atoms with Crippen molar-refractivity contribution in [1.29, 1.82) is 0 Å². The second-order valence-electron chi connectivity index (χ2n) is 4.24. The van der Waals surface area contributed by atoms with Gasteiger partial charge >= 0.3 is 0 Å². The van der Waals surface area contributed by atoms with Gasteiger partial charge in [0.25, 0.3) is 0 Å². The Morgan fingerprint density at radius 2 is 2.32 bits per heavy atom. The number of halogens is 2. The van der Waals surface area contributed by atoms with Crippen molar-refractivity contribution in [2.75, 3.05) is 11.1 Å². The van der Waals surface area contributed by atoms with E-state index in [2.05, 4.69) is 26.2 Å². The van der Waals surface area contributed by atoms with Crippen molar-refractivity contribution in [3.05, 3.63) is 38.9 Å². The van der Waals surface area contributed by atoms with Crippen molar-refractivity contribution in [2.45, 2.75) is 12.3 Å². The van der Waals surface area contributed by atoms with E-state index in [4.69, 9.17) is 5.73 Å². The van der Waals surface area contributed by atoms with Crippen molar-refractivity contribution in [3.8, 4) is 0 Å². The highest BCUT2D eigenvalue weighted by Crippen LogP contribution is 2.42. The van der Waals surface area contributed by atoms with Gasteiger partial charge in [-0.1, -0.05) is 17.4 Å². The van der Waals surface area contributed by atoms with Crippen LogP contribution < -0.4 is 11.1 Å². The van der Waals surface area contributed by atoms with Crippen LogP contribution in [0.15, 0.2) is 22.7 Å².